The Hall–Kier alpha value is -0.940. The van der Waals surface area contributed by atoms with E-state index < -0.39 is 0 Å². The van der Waals surface area contributed by atoms with Gasteiger partial charge in [0.2, 0.25) is 0 Å². The van der Waals surface area contributed by atoms with Gasteiger partial charge < -0.3 is 0 Å². The Labute approximate surface area is 99.5 Å². The lowest BCUT2D eigenvalue weighted by atomic mass is 10.4. The first kappa shape index (κ1) is 10.6. The lowest BCUT2D eigenvalue weighted by Gasteiger charge is -2.02. The fourth-order valence-corrected chi connectivity index (χ4v) is 2.68. The number of aryl methyl sites for hydroxylation is 1. The monoisotopic (exact) mass is 284 g/mol. The van der Waals surface area contributed by atoms with Crippen LogP contribution in [0.3, 0.4) is 0 Å². The summed E-state index contributed by atoms with van der Waals surface area (Å²) in [5.74, 6) is 0. The predicted octanol–water partition coefficient (Wildman–Crippen LogP) is 2.42. The molecule has 0 fully saturated rings. The minimum absolute atomic E-state index is 0.0647. The van der Waals surface area contributed by atoms with Gasteiger partial charge in [-0.1, -0.05) is 0 Å². The molecule has 3 nitrogen and oxygen atoms in total. The number of thiophene rings is 1. The molecule has 78 valence electrons. The average Bonchev–Trinajstić information content (AvgIpc) is 2.58. The Morgan fingerprint density at radius 2 is 2.33 bits per heavy atom. The summed E-state index contributed by atoms with van der Waals surface area (Å²) in [5, 5.41) is 6.17. The molecule has 0 unspecified atom stereocenters. The highest BCUT2D eigenvalue weighted by atomic mass is 79.9. The van der Waals surface area contributed by atoms with Gasteiger partial charge in [-0.15, -0.1) is 11.3 Å². The Balaban J connectivity index is 2.31. The zero-order chi connectivity index (χ0) is 10.8. The summed E-state index contributed by atoms with van der Waals surface area (Å²) >= 11 is 4.99. The number of aromatic nitrogens is 2. The topological polar surface area (TPSA) is 34.9 Å². The first-order valence-corrected chi connectivity index (χ1v) is 6.10. The minimum Gasteiger partial charge on any atom is -0.268 e. The van der Waals surface area contributed by atoms with Crippen molar-refractivity contribution < 1.29 is 0 Å². The molecular formula is C10H9BrN2OS. The molecule has 15 heavy (non-hydrogen) atoms. The van der Waals surface area contributed by atoms with Gasteiger partial charge in [0, 0.05) is 20.8 Å². The zero-order valence-corrected chi connectivity index (χ0v) is 10.5. The molecular weight excluding hydrogens is 276 g/mol. The van der Waals surface area contributed by atoms with Gasteiger partial charge in [-0.25, -0.2) is 4.68 Å². The van der Waals surface area contributed by atoms with Crippen LogP contribution < -0.4 is 5.56 Å². The number of halogens is 1. The summed E-state index contributed by atoms with van der Waals surface area (Å²) in [6.07, 6.45) is 0. The van der Waals surface area contributed by atoms with Crippen LogP contribution in [-0.2, 0) is 6.54 Å². The number of rotatable bonds is 2. The zero-order valence-electron chi connectivity index (χ0n) is 8.11. The number of hydrogen-bond donors (Lipinski definition) is 0. The summed E-state index contributed by atoms with van der Waals surface area (Å²) < 4.78 is 2.52. The van der Waals surface area contributed by atoms with E-state index in [0.29, 0.717) is 6.54 Å². The van der Waals surface area contributed by atoms with Crippen molar-refractivity contribution in [2.45, 2.75) is 13.5 Å². The van der Waals surface area contributed by atoms with Crippen LogP contribution in [0.1, 0.15) is 10.6 Å². The van der Waals surface area contributed by atoms with Crippen LogP contribution in [0.5, 0.6) is 0 Å². The summed E-state index contributed by atoms with van der Waals surface area (Å²) in [5.41, 5.74) is 0.787. The van der Waals surface area contributed by atoms with Crippen molar-refractivity contribution in [3.63, 3.8) is 0 Å². The smallest absolute Gasteiger partial charge is 0.267 e. The SMILES string of the molecule is Cc1ccc(=O)n(Cc2cc(Br)cs2)n1. The summed E-state index contributed by atoms with van der Waals surface area (Å²) in [6, 6.07) is 5.27. The Bertz CT molecular complexity index is 532. The molecule has 0 saturated carbocycles. The Morgan fingerprint density at radius 1 is 1.53 bits per heavy atom. The molecule has 0 saturated heterocycles. The van der Waals surface area contributed by atoms with E-state index >= 15 is 0 Å². The molecule has 0 spiro atoms. The van der Waals surface area contributed by atoms with E-state index in [1.165, 1.54) is 4.68 Å². The van der Waals surface area contributed by atoms with Crippen molar-refractivity contribution in [1.82, 2.24) is 9.78 Å². The van der Waals surface area contributed by atoms with Gasteiger partial charge in [0.15, 0.2) is 0 Å². The van der Waals surface area contributed by atoms with E-state index in [4.69, 9.17) is 0 Å². The van der Waals surface area contributed by atoms with Crippen molar-refractivity contribution in [3.05, 3.63) is 49.0 Å². The van der Waals surface area contributed by atoms with Gasteiger partial charge in [0.1, 0.15) is 0 Å². The molecule has 0 aliphatic heterocycles. The highest BCUT2D eigenvalue weighted by molar-refractivity contribution is 9.10. The van der Waals surface area contributed by atoms with Crippen LogP contribution in [-0.4, -0.2) is 9.78 Å². The van der Waals surface area contributed by atoms with Gasteiger partial charge >= 0.3 is 0 Å². The van der Waals surface area contributed by atoms with Crippen molar-refractivity contribution in [1.29, 1.82) is 0 Å². The second-order valence-corrected chi connectivity index (χ2v) is 5.11. The first-order valence-electron chi connectivity index (χ1n) is 4.43. The van der Waals surface area contributed by atoms with Crippen LogP contribution in [0.2, 0.25) is 0 Å². The number of hydrogen-bond acceptors (Lipinski definition) is 3. The minimum atomic E-state index is -0.0647. The van der Waals surface area contributed by atoms with E-state index in [2.05, 4.69) is 21.0 Å². The second kappa shape index (κ2) is 4.28. The lowest BCUT2D eigenvalue weighted by molar-refractivity contribution is 0.634. The van der Waals surface area contributed by atoms with Gasteiger partial charge in [-0.3, -0.25) is 4.79 Å². The van der Waals surface area contributed by atoms with Gasteiger partial charge in [0.05, 0.1) is 12.2 Å². The van der Waals surface area contributed by atoms with Gasteiger partial charge in [-0.05, 0) is 35.0 Å². The Kier molecular flexibility index (Phi) is 3.02. The molecule has 2 heterocycles. The molecule has 0 atom stereocenters. The molecule has 0 aromatic carbocycles. The van der Waals surface area contributed by atoms with Crippen molar-refractivity contribution in [2.24, 2.45) is 0 Å². The maximum absolute atomic E-state index is 11.5. The van der Waals surface area contributed by atoms with E-state index in [9.17, 15) is 4.79 Å². The number of nitrogens with zero attached hydrogens (tertiary/aromatic N) is 2. The van der Waals surface area contributed by atoms with Crippen molar-refractivity contribution >= 4 is 27.3 Å². The van der Waals surface area contributed by atoms with Gasteiger partial charge in [0.25, 0.3) is 5.56 Å². The quantitative estimate of drug-likeness (QED) is 0.849. The maximum atomic E-state index is 11.5. The molecule has 2 rings (SSSR count). The highest BCUT2D eigenvalue weighted by Crippen LogP contribution is 2.19. The predicted molar refractivity (Wildman–Crippen MR) is 64.4 cm³/mol. The van der Waals surface area contributed by atoms with Crippen molar-refractivity contribution in [3.8, 4) is 0 Å². The molecule has 2 aromatic heterocycles. The van der Waals surface area contributed by atoms with E-state index in [1.54, 1.807) is 23.5 Å². The van der Waals surface area contributed by atoms with E-state index in [-0.39, 0.29) is 5.56 Å². The fourth-order valence-electron chi connectivity index (χ4n) is 1.25. The van der Waals surface area contributed by atoms with Crippen LogP contribution in [0.25, 0.3) is 0 Å². The van der Waals surface area contributed by atoms with Crippen LogP contribution >= 0.6 is 27.3 Å². The third kappa shape index (κ3) is 2.54. The van der Waals surface area contributed by atoms with E-state index in [1.807, 2.05) is 18.4 Å². The van der Waals surface area contributed by atoms with E-state index in [0.717, 1.165) is 15.0 Å². The largest absolute Gasteiger partial charge is 0.268 e. The molecule has 5 heteroatoms. The molecule has 0 amide bonds. The molecule has 0 N–H and O–H groups in total. The third-order valence-electron chi connectivity index (χ3n) is 1.93. The third-order valence-corrected chi connectivity index (χ3v) is 3.61. The summed E-state index contributed by atoms with van der Waals surface area (Å²) in [4.78, 5) is 12.6. The van der Waals surface area contributed by atoms with Crippen LogP contribution in [0, 0.1) is 6.92 Å². The van der Waals surface area contributed by atoms with Crippen LogP contribution in [0.4, 0.5) is 0 Å². The summed E-state index contributed by atoms with van der Waals surface area (Å²) in [6.45, 7) is 2.41. The molecule has 0 aliphatic carbocycles. The van der Waals surface area contributed by atoms with Crippen LogP contribution in [0.15, 0.2) is 32.8 Å². The standard InChI is InChI=1S/C10H9BrN2OS/c1-7-2-3-10(14)13(12-7)5-9-4-8(11)6-15-9/h2-4,6H,5H2,1H3. The maximum Gasteiger partial charge on any atom is 0.267 e. The average molecular weight is 285 g/mol. The second-order valence-electron chi connectivity index (χ2n) is 3.20. The molecule has 0 aliphatic rings. The normalized spacial score (nSPS) is 10.5. The van der Waals surface area contributed by atoms with Gasteiger partial charge in [-0.2, -0.15) is 5.10 Å². The first-order chi connectivity index (χ1) is 7.15. The molecule has 0 bridgehead atoms. The Morgan fingerprint density at radius 3 is 3.00 bits per heavy atom. The molecule has 0 radical (unpaired) electrons. The molecule has 2 aromatic rings. The fraction of sp³-hybridized carbons (Fsp3) is 0.200. The highest BCUT2D eigenvalue weighted by Gasteiger charge is 2.02. The van der Waals surface area contributed by atoms with Crippen molar-refractivity contribution in [2.75, 3.05) is 0 Å². The lowest BCUT2D eigenvalue weighted by Crippen LogP contribution is -2.22. The summed E-state index contributed by atoms with van der Waals surface area (Å²) in [7, 11) is 0.